The highest BCUT2D eigenvalue weighted by atomic mass is 32.2. The monoisotopic (exact) mass is 384 g/mol. The average Bonchev–Trinajstić information content (AvgIpc) is 2.61. The Morgan fingerprint density at radius 2 is 1.74 bits per heavy atom. The van der Waals surface area contributed by atoms with Crippen LogP contribution in [0.15, 0.2) is 42.5 Å². The SMILES string of the molecule is CC(C)Nc1c(C(N)=O)nnc2cc(-c3ccc(C[SH](=O)=O)cc3)ccc12. The first-order valence-corrected chi connectivity index (χ1v) is 9.79. The summed E-state index contributed by atoms with van der Waals surface area (Å²) in [5.41, 5.74) is 9.33. The Labute approximate surface area is 158 Å². The fourth-order valence-corrected chi connectivity index (χ4v) is 3.35. The molecule has 27 heavy (non-hydrogen) atoms. The minimum absolute atomic E-state index is 0.0267. The van der Waals surface area contributed by atoms with Crippen molar-refractivity contribution in [2.24, 2.45) is 5.73 Å². The lowest BCUT2D eigenvalue weighted by Crippen LogP contribution is -2.20. The number of nitrogens with two attached hydrogens (primary N) is 1. The number of thiol groups is 1. The minimum Gasteiger partial charge on any atom is -0.380 e. The number of carbonyl (C=O) groups is 1. The van der Waals surface area contributed by atoms with Gasteiger partial charge in [0.05, 0.1) is 17.0 Å². The minimum atomic E-state index is -2.45. The van der Waals surface area contributed by atoms with Gasteiger partial charge >= 0.3 is 0 Å². The maximum Gasteiger partial charge on any atom is 0.271 e. The molecule has 0 atom stereocenters. The summed E-state index contributed by atoms with van der Waals surface area (Å²) in [5, 5.41) is 12.1. The second-order valence-corrected chi connectivity index (χ2v) is 7.49. The van der Waals surface area contributed by atoms with Crippen molar-refractivity contribution in [1.29, 1.82) is 0 Å². The lowest BCUT2D eigenvalue weighted by atomic mass is 10.0. The second kappa shape index (κ2) is 7.71. The molecule has 0 saturated heterocycles. The number of amides is 1. The van der Waals surface area contributed by atoms with E-state index in [9.17, 15) is 13.2 Å². The smallest absolute Gasteiger partial charge is 0.271 e. The Morgan fingerprint density at radius 1 is 1.07 bits per heavy atom. The Kier molecular flexibility index (Phi) is 5.36. The molecule has 0 radical (unpaired) electrons. The van der Waals surface area contributed by atoms with Crippen LogP contribution in [0, 0.1) is 0 Å². The molecule has 0 saturated carbocycles. The van der Waals surface area contributed by atoms with E-state index in [0.717, 1.165) is 22.1 Å². The van der Waals surface area contributed by atoms with E-state index in [2.05, 4.69) is 15.5 Å². The number of rotatable bonds is 6. The molecule has 1 amide bonds. The van der Waals surface area contributed by atoms with Gasteiger partial charge in [-0.1, -0.05) is 30.3 Å². The predicted molar refractivity (Wildman–Crippen MR) is 106 cm³/mol. The molecule has 0 bridgehead atoms. The van der Waals surface area contributed by atoms with Gasteiger partial charge in [0.2, 0.25) is 0 Å². The van der Waals surface area contributed by atoms with Crippen molar-refractivity contribution < 1.29 is 13.2 Å². The van der Waals surface area contributed by atoms with E-state index >= 15 is 0 Å². The number of anilines is 1. The highest BCUT2D eigenvalue weighted by Crippen LogP contribution is 2.29. The zero-order valence-corrected chi connectivity index (χ0v) is 15.9. The van der Waals surface area contributed by atoms with Crippen LogP contribution in [0.3, 0.4) is 0 Å². The Hall–Kier alpha value is -3.00. The van der Waals surface area contributed by atoms with E-state index in [1.165, 1.54) is 0 Å². The van der Waals surface area contributed by atoms with Crippen LogP contribution in [0.2, 0.25) is 0 Å². The molecular formula is C19H20N4O3S. The maximum absolute atomic E-state index is 11.7. The summed E-state index contributed by atoms with van der Waals surface area (Å²) in [6.45, 7) is 3.92. The van der Waals surface area contributed by atoms with Crippen molar-refractivity contribution in [2.75, 3.05) is 5.32 Å². The highest BCUT2D eigenvalue weighted by Gasteiger charge is 2.16. The molecule has 0 unspecified atom stereocenters. The lowest BCUT2D eigenvalue weighted by Gasteiger charge is -2.15. The van der Waals surface area contributed by atoms with Crippen molar-refractivity contribution in [2.45, 2.75) is 25.6 Å². The van der Waals surface area contributed by atoms with Gasteiger partial charge in [0.25, 0.3) is 5.91 Å². The molecule has 1 aromatic heterocycles. The first kappa shape index (κ1) is 18.8. The zero-order chi connectivity index (χ0) is 19.6. The Morgan fingerprint density at radius 3 is 2.33 bits per heavy atom. The van der Waals surface area contributed by atoms with Crippen molar-refractivity contribution in [3.05, 3.63) is 53.7 Å². The molecule has 0 fully saturated rings. The molecule has 0 aliphatic rings. The Bertz CT molecular complexity index is 1070. The highest BCUT2D eigenvalue weighted by molar-refractivity contribution is 7.71. The fraction of sp³-hybridized carbons (Fsp3) is 0.211. The molecule has 0 aliphatic carbocycles. The van der Waals surface area contributed by atoms with Crippen LogP contribution in [0.4, 0.5) is 5.69 Å². The van der Waals surface area contributed by atoms with E-state index in [0.29, 0.717) is 11.2 Å². The van der Waals surface area contributed by atoms with Gasteiger partial charge in [-0.05, 0) is 42.7 Å². The van der Waals surface area contributed by atoms with E-state index in [4.69, 9.17) is 5.73 Å². The maximum atomic E-state index is 11.7. The van der Waals surface area contributed by atoms with E-state index in [1.54, 1.807) is 12.1 Å². The summed E-state index contributed by atoms with van der Waals surface area (Å²) in [4.78, 5) is 11.7. The molecule has 8 heteroatoms. The summed E-state index contributed by atoms with van der Waals surface area (Å²) in [7, 11) is -2.45. The standard InChI is InChI=1S/C19H20N4O3S/c1-11(2)21-17-15-8-7-14(9-16(15)22-23-18(17)19(20)24)13-5-3-12(4-6-13)10-27(25)26/h3-9,11,27H,10H2,1-2H3,(H2,20,24)(H,21,22). The summed E-state index contributed by atoms with van der Waals surface area (Å²) in [6, 6.07) is 13.1. The average molecular weight is 384 g/mol. The number of aromatic nitrogens is 2. The molecule has 2 aromatic carbocycles. The van der Waals surface area contributed by atoms with Gasteiger partial charge in [-0.2, -0.15) is 0 Å². The number of nitrogens with zero attached hydrogens (tertiary/aromatic N) is 2. The number of nitrogens with one attached hydrogen (secondary N) is 1. The van der Waals surface area contributed by atoms with Crippen molar-refractivity contribution in [1.82, 2.24) is 10.2 Å². The topological polar surface area (TPSA) is 115 Å². The molecule has 3 aromatic rings. The number of primary amides is 1. The second-order valence-electron chi connectivity index (χ2n) is 6.51. The van der Waals surface area contributed by atoms with Gasteiger partial charge in [0, 0.05) is 11.4 Å². The number of hydrogen-bond donors (Lipinski definition) is 3. The van der Waals surface area contributed by atoms with Crippen LogP contribution in [0.5, 0.6) is 0 Å². The van der Waals surface area contributed by atoms with Crippen molar-refractivity contribution >= 4 is 33.2 Å². The third-order valence-electron chi connectivity index (χ3n) is 4.03. The van der Waals surface area contributed by atoms with Gasteiger partial charge in [0.1, 0.15) is 10.7 Å². The van der Waals surface area contributed by atoms with Gasteiger partial charge < -0.3 is 11.1 Å². The summed E-state index contributed by atoms with van der Waals surface area (Å²) >= 11 is 0. The van der Waals surface area contributed by atoms with Crippen LogP contribution in [-0.2, 0) is 16.5 Å². The molecule has 3 N–H and O–H groups in total. The summed E-state index contributed by atoms with van der Waals surface area (Å²) < 4.78 is 21.7. The lowest BCUT2D eigenvalue weighted by molar-refractivity contribution is 0.0995. The molecule has 1 heterocycles. The van der Waals surface area contributed by atoms with Gasteiger partial charge in [0.15, 0.2) is 5.69 Å². The van der Waals surface area contributed by atoms with E-state index < -0.39 is 16.6 Å². The van der Waals surface area contributed by atoms with Gasteiger partial charge in [-0.15, -0.1) is 10.2 Å². The predicted octanol–water partition coefficient (Wildman–Crippen LogP) is 2.33. The molecule has 3 rings (SSSR count). The quantitative estimate of drug-likeness (QED) is 0.562. The molecular weight excluding hydrogens is 364 g/mol. The summed E-state index contributed by atoms with van der Waals surface area (Å²) in [5.74, 6) is -0.609. The van der Waals surface area contributed by atoms with Crippen LogP contribution in [0.25, 0.3) is 22.0 Å². The molecule has 0 aliphatic heterocycles. The molecule has 0 spiro atoms. The van der Waals surface area contributed by atoms with Crippen LogP contribution in [-0.4, -0.2) is 30.6 Å². The van der Waals surface area contributed by atoms with Crippen molar-refractivity contribution in [3.63, 3.8) is 0 Å². The normalized spacial score (nSPS) is 11.3. The zero-order valence-electron chi connectivity index (χ0n) is 15.0. The van der Waals surface area contributed by atoms with Crippen molar-refractivity contribution in [3.8, 4) is 11.1 Å². The number of carbonyl (C=O) groups excluding carboxylic acids is 1. The largest absolute Gasteiger partial charge is 0.380 e. The van der Waals surface area contributed by atoms with E-state index in [1.807, 2.05) is 44.2 Å². The van der Waals surface area contributed by atoms with Gasteiger partial charge in [-0.25, -0.2) is 8.42 Å². The number of benzene rings is 2. The molecule has 7 nitrogen and oxygen atoms in total. The third kappa shape index (κ3) is 4.22. The fourth-order valence-electron chi connectivity index (χ4n) is 2.85. The first-order chi connectivity index (χ1) is 12.8. The molecule has 140 valence electrons. The van der Waals surface area contributed by atoms with Gasteiger partial charge in [-0.3, -0.25) is 4.79 Å². The van der Waals surface area contributed by atoms with E-state index in [-0.39, 0.29) is 17.5 Å². The van der Waals surface area contributed by atoms with Crippen LogP contribution < -0.4 is 11.1 Å². The summed E-state index contributed by atoms with van der Waals surface area (Å²) in [6.07, 6.45) is 0. The first-order valence-electron chi connectivity index (χ1n) is 8.43. The number of hydrogen-bond acceptors (Lipinski definition) is 6. The third-order valence-corrected chi connectivity index (χ3v) is 4.65. The number of fused-ring (bicyclic) bond motifs is 1. The Balaban J connectivity index is 2.05. The van der Waals surface area contributed by atoms with Crippen LogP contribution in [0.1, 0.15) is 29.9 Å². The van der Waals surface area contributed by atoms with Crippen LogP contribution >= 0.6 is 0 Å².